The van der Waals surface area contributed by atoms with E-state index in [9.17, 15) is 16.8 Å². The fourth-order valence-electron chi connectivity index (χ4n) is 1.30. The summed E-state index contributed by atoms with van der Waals surface area (Å²) in [4.78, 5) is -0.0214. The van der Waals surface area contributed by atoms with E-state index in [1.165, 1.54) is 0 Å². The lowest BCUT2D eigenvalue weighted by molar-refractivity contribution is 0.598. The van der Waals surface area contributed by atoms with Crippen molar-refractivity contribution in [2.45, 2.75) is 11.3 Å². The van der Waals surface area contributed by atoms with E-state index in [-0.39, 0.29) is 16.5 Å². The minimum Gasteiger partial charge on any atom is -0.382 e. The molecule has 0 amide bonds. The summed E-state index contributed by atoms with van der Waals surface area (Å²) in [6, 6.07) is 0. The zero-order chi connectivity index (χ0) is 14.0. The molecule has 10 heteroatoms. The summed E-state index contributed by atoms with van der Waals surface area (Å²) >= 11 is 0.946. The largest absolute Gasteiger partial charge is 0.382 e. The van der Waals surface area contributed by atoms with Crippen LogP contribution in [0.25, 0.3) is 0 Å². The van der Waals surface area contributed by atoms with E-state index in [0.717, 1.165) is 24.0 Å². The molecule has 0 unspecified atom stereocenters. The van der Waals surface area contributed by atoms with Crippen molar-refractivity contribution in [2.75, 3.05) is 35.9 Å². The van der Waals surface area contributed by atoms with Crippen LogP contribution in [0.15, 0.2) is 4.90 Å². The third-order valence-corrected chi connectivity index (χ3v) is 5.16. The van der Waals surface area contributed by atoms with Crippen LogP contribution in [0.2, 0.25) is 0 Å². The fourth-order valence-corrected chi connectivity index (χ4v) is 4.06. The van der Waals surface area contributed by atoms with Gasteiger partial charge in [0.05, 0.1) is 5.75 Å². The Morgan fingerprint density at radius 2 is 1.89 bits per heavy atom. The van der Waals surface area contributed by atoms with Crippen molar-refractivity contribution in [3.63, 3.8) is 0 Å². The first kappa shape index (κ1) is 15.2. The second kappa shape index (κ2) is 5.41. The van der Waals surface area contributed by atoms with Gasteiger partial charge in [-0.2, -0.15) is 4.37 Å². The number of hydrogen-bond donors (Lipinski definition) is 2. The second-order valence-electron chi connectivity index (χ2n) is 3.91. The molecule has 0 radical (unpaired) electrons. The Balaban J connectivity index is 2.70. The molecule has 0 saturated heterocycles. The summed E-state index contributed by atoms with van der Waals surface area (Å²) < 4.78 is 48.6. The molecule has 0 aliphatic carbocycles. The highest BCUT2D eigenvalue weighted by Gasteiger charge is 2.20. The van der Waals surface area contributed by atoms with Gasteiger partial charge in [0.2, 0.25) is 0 Å². The standard InChI is InChI=1S/C8H15N3O4S3/c1-17(12,13)5-3-4-10-8-6(18(2,14)15)7(9)11-16-8/h10H,3-5H2,1-2H3,(H2,9,11). The van der Waals surface area contributed by atoms with E-state index in [1.807, 2.05) is 0 Å². The maximum absolute atomic E-state index is 11.5. The molecule has 1 heterocycles. The van der Waals surface area contributed by atoms with Crippen molar-refractivity contribution in [3.05, 3.63) is 0 Å². The maximum atomic E-state index is 11.5. The zero-order valence-corrected chi connectivity index (χ0v) is 12.5. The smallest absolute Gasteiger partial charge is 0.182 e. The van der Waals surface area contributed by atoms with Gasteiger partial charge in [-0.1, -0.05) is 0 Å². The minimum atomic E-state index is -3.44. The van der Waals surface area contributed by atoms with Gasteiger partial charge in [0.1, 0.15) is 19.7 Å². The molecule has 0 saturated carbocycles. The highest BCUT2D eigenvalue weighted by Crippen LogP contribution is 2.31. The van der Waals surface area contributed by atoms with E-state index in [4.69, 9.17) is 5.73 Å². The number of nitrogens with two attached hydrogens (primary N) is 1. The topological polar surface area (TPSA) is 119 Å². The highest BCUT2D eigenvalue weighted by atomic mass is 32.2. The van der Waals surface area contributed by atoms with Crippen LogP contribution < -0.4 is 11.1 Å². The molecule has 7 nitrogen and oxygen atoms in total. The molecule has 3 N–H and O–H groups in total. The van der Waals surface area contributed by atoms with Crippen LogP contribution >= 0.6 is 11.5 Å². The number of sulfone groups is 2. The second-order valence-corrected chi connectivity index (χ2v) is 8.89. The summed E-state index contributed by atoms with van der Waals surface area (Å²) in [5.41, 5.74) is 5.49. The minimum absolute atomic E-state index is 0.0214. The average Bonchev–Trinajstić information content (AvgIpc) is 2.52. The molecule has 1 rings (SSSR count). The molecule has 18 heavy (non-hydrogen) atoms. The van der Waals surface area contributed by atoms with Crippen molar-refractivity contribution in [3.8, 4) is 0 Å². The zero-order valence-electron chi connectivity index (χ0n) is 10.0. The first-order valence-corrected chi connectivity index (χ1v) is 9.70. The number of anilines is 2. The van der Waals surface area contributed by atoms with E-state index in [1.54, 1.807) is 0 Å². The number of nitrogens with one attached hydrogen (secondary N) is 1. The van der Waals surface area contributed by atoms with Crippen LogP contribution in [0.1, 0.15) is 6.42 Å². The van der Waals surface area contributed by atoms with E-state index >= 15 is 0 Å². The lowest BCUT2D eigenvalue weighted by Gasteiger charge is -2.05. The predicted octanol–water partition coefficient (Wildman–Crippen LogP) is -0.0246. The van der Waals surface area contributed by atoms with Gasteiger partial charge in [-0.25, -0.2) is 16.8 Å². The number of nitrogen functional groups attached to an aromatic ring is 1. The Bertz CT molecular complexity index is 618. The number of rotatable bonds is 6. The predicted molar refractivity (Wildman–Crippen MR) is 72.5 cm³/mol. The number of nitrogens with zero attached hydrogens (tertiary/aromatic N) is 1. The van der Waals surface area contributed by atoms with Gasteiger partial charge in [0, 0.05) is 19.1 Å². The van der Waals surface area contributed by atoms with E-state index < -0.39 is 19.7 Å². The van der Waals surface area contributed by atoms with E-state index in [2.05, 4.69) is 9.69 Å². The number of hydrogen-bond acceptors (Lipinski definition) is 8. The third-order valence-electron chi connectivity index (χ3n) is 2.02. The van der Waals surface area contributed by atoms with Crippen LogP contribution in [-0.2, 0) is 19.7 Å². The van der Waals surface area contributed by atoms with Gasteiger partial charge < -0.3 is 11.1 Å². The molecule has 0 aliphatic rings. The Hall–Kier alpha value is -0.870. The van der Waals surface area contributed by atoms with Crippen molar-refractivity contribution in [1.82, 2.24) is 4.37 Å². The Labute approximate surface area is 110 Å². The number of aromatic nitrogens is 1. The van der Waals surface area contributed by atoms with Crippen LogP contribution in [-0.4, -0.2) is 46.0 Å². The van der Waals surface area contributed by atoms with Crippen LogP contribution in [0.3, 0.4) is 0 Å². The normalized spacial score (nSPS) is 12.6. The fraction of sp³-hybridized carbons (Fsp3) is 0.625. The molecular formula is C8H15N3O4S3. The summed E-state index contributed by atoms with van der Waals surface area (Å²) in [5.74, 6) is 0.00999. The molecule has 0 fully saturated rings. The van der Waals surface area contributed by atoms with Crippen molar-refractivity contribution in [2.24, 2.45) is 0 Å². The van der Waals surface area contributed by atoms with Crippen LogP contribution in [0.4, 0.5) is 10.8 Å². The van der Waals surface area contributed by atoms with Crippen molar-refractivity contribution in [1.29, 1.82) is 0 Å². The first-order valence-electron chi connectivity index (χ1n) is 4.98. The first-order chi connectivity index (χ1) is 8.11. The average molecular weight is 313 g/mol. The molecule has 1 aromatic rings. The quantitative estimate of drug-likeness (QED) is 0.708. The Kier molecular flexibility index (Phi) is 4.56. The van der Waals surface area contributed by atoms with E-state index in [0.29, 0.717) is 18.0 Å². The molecule has 0 atom stereocenters. The Morgan fingerprint density at radius 1 is 1.28 bits per heavy atom. The highest BCUT2D eigenvalue weighted by molar-refractivity contribution is 7.91. The summed E-state index contributed by atoms with van der Waals surface area (Å²) in [7, 11) is -6.45. The van der Waals surface area contributed by atoms with Crippen molar-refractivity contribution >= 4 is 42.0 Å². The Morgan fingerprint density at radius 3 is 2.39 bits per heavy atom. The lowest BCUT2D eigenvalue weighted by Crippen LogP contribution is -2.11. The molecule has 104 valence electrons. The summed E-state index contributed by atoms with van der Waals surface area (Å²) in [6.07, 6.45) is 2.59. The van der Waals surface area contributed by atoms with Crippen LogP contribution in [0, 0.1) is 0 Å². The maximum Gasteiger partial charge on any atom is 0.182 e. The lowest BCUT2D eigenvalue weighted by atomic mass is 10.5. The van der Waals surface area contributed by atoms with Gasteiger partial charge in [-0.05, 0) is 18.0 Å². The molecule has 0 spiro atoms. The molecule has 0 bridgehead atoms. The van der Waals surface area contributed by atoms with Gasteiger partial charge in [-0.15, -0.1) is 0 Å². The van der Waals surface area contributed by atoms with Crippen molar-refractivity contribution < 1.29 is 16.8 Å². The molecular weight excluding hydrogens is 298 g/mol. The van der Waals surface area contributed by atoms with Gasteiger partial charge in [0.25, 0.3) is 0 Å². The van der Waals surface area contributed by atoms with Gasteiger partial charge >= 0.3 is 0 Å². The molecule has 0 aliphatic heterocycles. The molecule has 0 aromatic carbocycles. The van der Waals surface area contributed by atoms with Gasteiger partial charge in [-0.3, -0.25) is 0 Å². The summed E-state index contributed by atoms with van der Waals surface area (Å²) in [6.45, 7) is 0.344. The SMILES string of the molecule is CS(=O)(=O)CCCNc1snc(N)c1S(C)(=O)=O. The monoisotopic (exact) mass is 313 g/mol. The van der Waals surface area contributed by atoms with Crippen LogP contribution in [0.5, 0.6) is 0 Å². The van der Waals surface area contributed by atoms with Gasteiger partial charge in [0.15, 0.2) is 15.7 Å². The third kappa shape index (κ3) is 4.42. The summed E-state index contributed by atoms with van der Waals surface area (Å²) in [5, 5.41) is 3.20. The molecule has 1 aromatic heterocycles.